The molecule has 3 unspecified atom stereocenters. The van der Waals surface area contributed by atoms with E-state index in [4.69, 9.17) is 17.3 Å². The first-order chi connectivity index (χ1) is 10.8. The van der Waals surface area contributed by atoms with Crippen molar-refractivity contribution < 1.29 is 4.79 Å². The number of carbonyl (C=O) groups excluding carboxylic acids is 1. The van der Waals surface area contributed by atoms with Gasteiger partial charge in [-0.2, -0.15) is 0 Å². The molecule has 0 spiro atoms. The summed E-state index contributed by atoms with van der Waals surface area (Å²) in [5.41, 5.74) is 7.75. The van der Waals surface area contributed by atoms with Gasteiger partial charge in [-0.25, -0.2) is 4.98 Å². The van der Waals surface area contributed by atoms with Gasteiger partial charge in [0.1, 0.15) is 5.01 Å². The quantitative estimate of drug-likeness (QED) is 0.800. The fraction of sp³-hybridized carbons (Fsp3) is 0.412. The van der Waals surface area contributed by atoms with Gasteiger partial charge in [0, 0.05) is 22.5 Å². The average Bonchev–Trinajstić information content (AvgIpc) is 2.89. The molecule has 24 heavy (non-hydrogen) atoms. The van der Waals surface area contributed by atoms with Gasteiger partial charge in [-0.1, -0.05) is 30.7 Å². The summed E-state index contributed by atoms with van der Waals surface area (Å²) in [6.07, 6.45) is 0. The number of rotatable bonds is 5. The molecule has 1 aromatic heterocycles. The van der Waals surface area contributed by atoms with Crippen molar-refractivity contribution in [3.8, 4) is 10.6 Å². The molecule has 0 saturated carbocycles. The molecule has 132 valence electrons. The number of benzene rings is 1. The van der Waals surface area contributed by atoms with Gasteiger partial charge in [0.2, 0.25) is 5.91 Å². The molecule has 2 aromatic rings. The molecule has 4 nitrogen and oxygen atoms in total. The molecule has 0 saturated heterocycles. The van der Waals surface area contributed by atoms with E-state index in [0.29, 0.717) is 5.02 Å². The Kier molecular flexibility index (Phi) is 7.67. The van der Waals surface area contributed by atoms with E-state index < -0.39 is 0 Å². The van der Waals surface area contributed by atoms with E-state index in [2.05, 4.69) is 10.3 Å². The van der Waals surface area contributed by atoms with E-state index in [1.54, 1.807) is 11.3 Å². The first kappa shape index (κ1) is 20.9. The van der Waals surface area contributed by atoms with Gasteiger partial charge in [-0.05, 0) is 32.9 Å². The van der Waals surface area contributed by atoms with E-state index in [1.165, 1.54) is 0 Å². The predicted octanol–water partition coefficient (Wildman–Crippen LogP) is 4.35. The van der Waals surface area contributed by atoms with Gasteiger partial charge in [-0.15, -0.1) is 23.7 Å². The van der Waals surface area contributed by atoms with Crippen LogP contribution in [0.4, 0.5) is 0 Å². The van der Waals surface area contributed by atoms with Gasteiger partial charge in [0.15, 0.2) is 0 Å². The van der Waals surface area contributed by atoms with Crippen molar-refractivity contribution >= 4 is 41.3 Å². The molecule has 1 amide bonds. The number of aromatic nitrogens is 1. The lowest BCUT2D eigenvalue weighted by atomic mass is 10.0. The normalized spacial score (nSPS) is 14.4. The van der Waals surface area contributed by atoms with Gasteiger partial charge in [0.05, 0.1) is 16.6 Å². The maximum absolute atomic E-state index is 12.2. The van der Waals surface area contributed by atoms with Crippen molar-refractivity contribution in [1.82, 2.24) is 10.3 Å². The standard InChI is InChI=1S/C17H22ClN3OS.ClH/c1-9(10(2)19)16(22)20-11(3)15-12(4)21-17(23-15)13-5-7-14(18)8-6-13;/h5-11H,19H2,1-4H3,(H,20,22);1H. The van der Waals surface area contributed by atoms with Gasteiger partial charge in [-0.3, -0.25) is 4.79 Å². The van der Waals surface area contributed by atoms with Crippen LogP contribution < -0.4 is 11.1 Å². The number of halogens is 2. The number of aryl methyl sites for hydroxylation is 1. The summed E-state index contributed by atoms with van der Waals surface area (Å²) in [4.78, 5) is 17.8. The number of nitrogens with one attached hydrogen (secondary N) is 1. The summed E-state index contributed by atoms with van der Waals surface area (Å²) in [5, 5.41) is 4.65. The van der Waals surface area contributed by atoms with Crippen LogP contribution in [0.3, 0.4) is 0 Å². The predicted molar refractivity (Wildman–Crippen MR) is 104 cm³/mol. The van der Waals surface area contributed by atoms with Crippen molar-refractivity contribution in [2.24, 2.45) is 11.7 Å². The third-order valence-corrected chi connectivity index (χ3v) is 5.52. The van der Waals surface area contributed by atoms with E-state index in [-0.39, 0.29) is 36.3 Å². The smallest absolute Gasteiger partial charge is 0.224 e. The van der Waals surface area contributed by atoms with Crippen LogP contribution in [0, 0.1) is 12.8 Å². The summed E-state index contributed by atoms with van der Waals surface area (Å²) in [7, 11) is 0. The lowest BCUT2D eigenvalue weighted by molar-refractivity contribution is -0.125. The molecular formula is C17H23Cl2N3OS. The van der Waals surface area contributed by atoms with Crippen LogP contribution in [-0.4, -0.2) is 16.9 Å². The minimum absolute atomic E-state index is 0. The molecule has 0 radical (unpaired) electrons. The van der Waals surface area contributed by atoms with Crippen LogP contribution in [0.15, 0.2) is 24.3 Å². The van der Waals surface area contributed by atoms with E-state index in [0.717, 1.165) is 21.1 Å². The van der Waals surface area contributed by atoms with Crippen molar-refractivity contribution in [3.05, 3.63) is 39.9 Å². The molecule has 7 heteroatoms. The number of hydrogen-bond donors (Lipinski definition) is 2. The van der Waals surface area contributed by atoms with Crippen molar-refractivity contribution in [1.29, 1.82) is 0 Å². The number of thiazole rings is 1. The molecule has 0 bridgehead atoms. The molecule has 1 heterocycles. The zero-order valence-electron chi connectivity index (χ0n) is 14.2. The molecule has 0 aliphatic carbocycles. The number of nitrogens with zero attached hydrogens (tertiary/aromatic N) is 1. The summed E-state index contributed by atoms with van der Waals surface area (Å²) in [5.74, 6) is -0.255. The Balaban J connectivity index is 0.00000288. The van der Waals surface area contributed by atoms with Crippen molar-refractivity contribution in [2.75, 3.05) is 0 Å². The van der Waals surface area contributed by atoms with Crippen LogP contribution in [0.1, 0.15) is 37.4 Å². The number of carbonyl (C=O) groups is 1. The van der Waals surface area contributed by atoms with E-state index in [9.17, 15) is 4.79 Å². The van der Waals surface area contributed by atoms with Crippen LogP contribution in [0.5, 0.6) is 0 Å². The summed E-state index contributed by atoms with van der Waals surface area (Å²) in [6, 6.07) is 7.33. The maximum atomic E-state index is 12.2. The van der Waals surface area contributed by atoms with Gasteiger partial charge >= 0.3 is 0 Å². The molecule has 0 aliphatic rings. The third kappa shape index (κ3) is 4.93. The first-order valence-electron chi connectivity index (χ1n) is 7.58. The van der Waals surface area contributed by atoms with Gasteiger partial charge in [0.25, 0.3) is 0 Å². The van der Waals surface area contributed by atoms with Crippen LogP contribution in [0.25, 0.3) is 10.6 Å². The first-order valence-corrected chi connectivity index (χ1v) is 8.78. The maximum Gasteiger partial charge on any atom is 0.224 e. The summed E-state index contributed by atoms with van der Waals surface area (Å²) >= 11 is 7.51. The Labute approximate surface area is 158 Å². The monoisotopic (exact) mass is 387 g/mol. The molecule has 0 aliphatic heterocycles. The fourth-order valence-corrected chi connectivity index (χ4v) is 3.37. The highest BCUT2D eigenvalue weighted by Crippen LogP contribution is 2.32. The highest BCUT2D eigenvalue weighted by atomic mass is 35.5. The fourth-order valence-electron chi connectivity index (χ4n) is 2.18. The van der Waals surface area contributed by atoms with Crippen molar-refractivity contribution in [2.45, 2.75) is 39.8 Å². The largest absolute Gasteiger partial charge is 0.348 e. The van der Waals surface area contributed by atoms with Gasteiger partial charge < -0.3 is 11.1 Å². The molecular weight excluding hydrogens is 365 g/mol. The lowest BCUT2D eigenvalue weighted by Gasteiger charge is -2.19. The van der Waals surface area contributed by atoms with E-state index in [1.807, 2.05) is 52.0 Å². The lowest BCUT2D eigenvalue weighted by Crippen LogP contribution is -2.39. The van der Waals surface area contributed by atoms with Crippen LogP contribution in [-0.2, 0) is 4.79 Å². The minimum Gasteiger partial charge on any atom is -0.348 e. The highest BCUT2D eigenvalue weighted by Gasteiger charge is 2.22. The Morgan fingerprint density at radius 1 is 1.25 bits per heavy atom. The average molecular weight is 388 g/mol. The number of hydrogen-bond acceptors (Lipinski definition) is 4. The Hall–Kier alpha value is -1.14. The topological polar surface area (TPSA) is 68.0 Å². The molecule has 3 N–H and O–H groups in total. The summed E-state index contributed by atoms with van der Waals surface area (Å²) < 4.78 is 0. The summed E-state index contributed by atoms with van der Waals surface area (Å²) in [6.45, 7) is 7.61. The molecule has 2 rings (SSSR count). The minimum atomic E-state index is -0.221. The van der Waals surface area contributed by atoms with Crippen LogP contribution in [0.2, 0.25) is 5.02 Å². The highest BCUT2D eigenvalue weighted by molar-refractivity contribution is 7.15. The second-order valence-electron chi connectivity index (χ2n) is 5.85. The second-order valence-corrected chi connectivity index (χ2v) is 7.32. The molecule has 0 fully saturated rings. The van der Waals surface area contributed by atoms with Crippen LogP contribution >= 0.6 is 35.3 Å². The number of amides is 1. The van der Waals surface area contributed by atoms with Crippen molar-refractivity contribution in [3.63, 3.8) is 0 Å². The molecule has 1 aromatic carbocycles. The molecule has 3 atom stereocenters. The Morgan fingerprint density at radius 2 is 1.83 bits per heavy atom. The second kappa shape index (κ2) is 8.81. The SMILES string of the molecule is Cc1nc(-c2ccc(Cl)cc2)sc1C(C)NC(=O)C(C)C(C)N.Cl. The Bertz CT molecular complexity index is 686. The third-order valence-electron chi connectivity index (χ3n) is 3.88. The van der Waals surface area contributed by atoms with E-state index >= 15 is 0 Å². The zero-order valence-corrected chi connectivity index (χ0v) is 16.6. The zero-order chi connectivity index (χ0) is 17.1. The number of nitrogens with two attached hydrogens (primary N) is 1. The Morgan fingerprint density at radius 3 is 2.38 bits per heavy atom.